The summed E-state index contributed by atoms with van der Waals surface area (Å²) in [4.78, 5) is 6.70. The van der Waals surface area contributed by atoms with Gasteiger partial charge in [-0.1, -0.05) is 42.5 Å². The Bertz CT molecular complexity index is 981. The maximum atomic E-state index is 9.36. The number of nitrogens with zero attached hydrogens (tertiary/aromatic N) is 2. The first-order valence-electron chi connectivity index (χ1n) is 11.0. The molecule has 1 aliphatic heterocycles. The molecule has 1 fully saturated rings. The summed E-state index contributed by atoms with van der Waals surface area (Å²) in [7, 11) is 2.11. The lowest BCUT2D eigenvalue weighted by atomic mass is 9.99. The first kappa shape index (κ1) is 22.4. The van der Waals surface area contributed by atoms with Gasteiger partial charge in [-0.05, 0) is 42.4 Å². The minimum Gasteiger partial charge on any atom is -0.399 e. The van der Waals surface area contributed by atoms with Crippen LogP contribution in [0.5, 0.6) is 0 Å². The van der Waals surface area contributed by atoms with E-state index in [0.717, 1.165) is 48.3 Å². The third-order valence-corrected chi connectivity index (χ3v) is 5.79. The molecular weight excluding hydrogens is 402 g/mol. The maximum absolute atomic E-state index is 9.36. The molecule has 4 rings (SSSR count). The van der Waals surface area contributed by atoms with Crippen molar-refractivity contribution >= 4 is 5.69 Å². The van der Waals surface area contributed by atoms with E-state index in [1.54, 1.807) is 0 Å². The Morgan fingerprint density at radius 2 is 1.88 bits per heavy atom. The molecule has 3 atom stereocenters. The molecule has 0 radical (unpaired) electrons. The molecule has 6 heteroatoms. The average Bonchev–Trinajstić information content (AvgIpc) is 2.83. The fraction of sp³-hybridized carbons (Fsp3) is 0.346. The highest BCUT2D eigenvalue weighted by molar-refractivity contribution is 5.41. The van der Waals surface area contributed by atoms with Crippen LogP contribution >= 0.6 is 0 Å². The maximum Gasteiger partial charge on any atom is 0.185 e. The summed E-state index contributed by atoms with van der Waals surface area (Å²) in [6.07, 6.45) is 2.91. The molecule has 1 aromatic heterocycles. The molecule has 3 N–H and O–H groups in total. The molecule has 0 spiro atoms. The Balaban J connectivity index is 1.47. The zero-order valence-electron chi connectivity index (χ0n) is 18.4. The highest BCUT2D eigenvalue weighted by Crippen LogP contribution is 2.38. The molecule has 1 saturated heterocycles. The summed E-state index contributed by atoms with van der Waals surface area (Å²) >= 11 is 0. The number of aromatic nitrogens is 1. The molecule has 2 aromatic carbocycles. The number of benzene rings is 2. The summed E-state index contributed by atoms with van der Waals surface area (Å²) in [6.45, 7) is 1.72. The predicted octanol–water partition coefficient (Wildman–Crippen LogP) is 3.88. The van der Waals surface area contributed by atoms with Crippen LogP contribution in [0.1, 0.15) is 41.2 Å². The Morgan fingerprint density at radius 1 is 1.03 bits per heavy atom. The minimum atomic E-state index is -0.482. The summed E-state index contributed by atoms with van der Waals surface area (Å²) < 4.78 is 12.7. The van der Waals surface area contributed by atoms with Gasteiger partial charge in [0.1, 0.15) is 0 Å². The van der Waals surface area contributed by atoms with E-state index in [1.165, 1.54) is 0 Å². The van der Waals surface area contributed by atoms with Crippen molar-refractivity contribution in [1.29, 1.82) is 0 Å². The van der Waals surface area contributed by atoms with Crippen LogP contribution in [0.4, 0.5) is 5.69 Å². The van der Waals surface area contributed by atoms with Crippen molar-refractivity contribution in [2.75, 3.05) is 25.9 Å². The number of ether oxygens (including phenoxy) is 2. The fourth-order valence-corrected chi connectivity index (χ4v) is 4.03. The molecule has 0 bridgehead atoms. The van der Waals surface area contributed by atoms with Crippen LogP contribution in [-0.4, -0.2) is 41.2 Å². The topological polar surface area (TPSA) is 80.8 Å². The van der Waals surface area contributed by atoms with E-state index in [4.69, 9.17) is 15.2 Å². The van der Waals surface area contributed by atoms with E-state index in [0.29, 0.717) is 5.69 Å². The van der Waals surface area contributed by atoms with Crippen LogP contribution in [-0.2, 0) is 22.5 Å². The quantitative estimate of drug-likeness (QED) is 0.525. The van der Waals surface area contributed by atoms with E-state index >= 15 is 0 Å². The van der Waals surface area contributed by atoms with E-state index in [1.807, 2.05) is 66.9 Å². The van der Waals surface area contributed by atoms with Gasteiger partial charge in [0, 0.05) is 49.1 Å². The standard InChI is InChI=1S/C26H31N3O3/c1-29(14-12-23-7-2-3-13-28-23)17-24-16-25(20-10-8-19(18-30)9-11-20)32-26(31-24)21-5-4-6-22(27)15-21/h2-11,13,15,24-26,30H,12,14,16-18,27H2,1H3/t24-,25+,26+/m0/s1. The number of hydrogen-bond donors (Lipinski definition) is 2. The van der Waals surface area contributed by atoms with Crippen LogP contribution in [0.3, 0.4) is 0 Å². The lowest BCUT2D eigenvalue weighted by molar-refractivity contribution is -0.252. The Kier molecular flexibility index (Phi) is 7.50. The molecule has 1 aliphatic rings. The average molecular weight is 434 g/mol. The molecule has 0 saturated carbocycles. The van der Waals surface area contributed by atoms with Gasteiger partial charge in [-0.15, -0.1) is 0 Å². The second-order valence-electron chi connectivity index (χ2n) is 8.35. The van der Waals surface area contributed by atoms with E-state index in [-0.39, 0.29) is 18.8 Å². The molecule has 32 heavy (non-hydrogen) atoms. The van der Waals surface area contributed by atoms with Gasteiger partial charge in [-0.25, -0.2) is 0 Å². The normalized spacial score (nSPS) is 21.0. The Labute approximate surface area is 189 Å². The second kappa shape index (κ2) is 10.7. The highest BCUT2D eigenvalue weighted by atomic mass is 16.7. The van der Waals surface area contributed by atoms with Crippen molar-refractivity contribution in [2.24, 2.45) is 0 Å². The SMILES string of the molecule is CN(CCc1ccccn1)C[C@@H]1C[C@H](c2ccc(CO)cc2)O[C@H](c2cccc(N)c2)O1. The first-order valence-corrected chi connectivity index (χ1v) is 11.0. The van der Waals surface area contributed by atoms with Crippen molar-refractivity contribution < 1.29 is 14.6 Å². The third-order valence-electron chi connectivity index (χ3n) is 5.79. The first-order chi connectivity index (χ1) is 15.6. The monoisotopic (exact) mass is 433 g/mol. The van der Waals surface area contributed by atoms with Crippen molar-refractivity contribution in [2.45, 2.75) is 37.9 Å². The van der Waals surface area contributed by atoms with Crippen molar-refractivity contribution in [3.8, 4) is 0 Å². The fourth-order valence-electron chi connectivity index (χ4n) is 4.03. The predicted molar refractivity (Wildman–Crippen MR) is 125 cm³/mol. The zero-order chi connectivity index (χ0) is 22.3. The van der Waals surface area contributed by atoms with Crippen LogP contribution in [0.2, 0.25) is 0 Å². The number of likely N-dealkylation sites (N-methyl/N-ethyl adjacent to an activating group) is 1. The van der Waals surface area contributed by atoms with Gasteiger partial charge in [-0.2, -0.15) is 0 Å². The summed E-state index contributed by atoms with van der Waals surface area (Å²) in [5, 5.41) is 9.36. The van der Waals surface area contributed by atoms with Crippen LogP contribution in [0.15, 0.2) is 72.9 Å². The van der Waals surface area contributed by atoms with Gasteiger partial charge < -0.3 is 25.2 Å². The van der Waals surface area contributed by atoms with E-state index < -0.39 is 6.29 Å². The highest BCUT2D eigenvalue weighted by Gasteiger charge is 2.32. The largest absolute Gasteiger partial charge is 0.399 e. The lowest BCUT2D eigenvalue weighted by Crippen LogP contribution is -2.38. The van der Waals surface area contributed by atoms with E-state index in [2.05, 4.69) is 23.0 Å². The number of anilines is 1. The van der Waals surface area contributed by atoms with Crippen LogP contribution < -0.4 is 5.73 Å². The van der Waals surface area contributed by atoms with Gasteiger partial charge in [0.05, 0.1) is 18.8 Å². The molecular formula is C26H31N3O3. The molecule has 0 amide bonds. The van der Waals surface area contributed by atoms with Gasteiger partial charge >= 0.3 is 0 Å². The molecule has 6 nitrogen and oxygen atoms in total. The Hall–Kier alpha value is -2.77. The number of nitrogen functional groups attached to an aromatic ring is 1. The summed E-state index contributed by atoms with van der Waals surface area (Å²) in [5.41, 5.74) is 10.7. The Morgan fingerprint density at radius 3 is 2.59 bits per heavy atom. The van der Waals surface area contributed by atoms with Gasteiger partial charge in [0.15, 0.2) is 6.29 Å². The summed E-state index contributed by atoms with van der Waals surface area (Å²) in [6, 6.07) is 21.6. The molecule has 168 valence electrons. The second-order valence-corrected chi connectivity index (χ2v) is 8.35. The number of rotatable bonds is 8. The third kappa shape index (κ3) is 5.93. The minimum absolute atomic E-state index is 0.00596. The van der Waals surface area contributed by atoms with Gasteiger partial charge in [-0.3, -0.25) is 4.98 Å². The lowest BCUT2D eigenvalue weighted by Gasteiger charge is -2.38. The number of nitrogens with two attached hydrogens (primary N) is 1. The van der Waals surface area contributed by atoms with E-state index in [9.17, 15) is 5.11 Å². The number of aliphatic hydroxyl groups is 1. The number of pyridine rings is 1. The van der Waals surface area contributed by atoms with Gasteiger partial charge in [0.2, 0.25) is 0 Å². The van der Waals surface area contributed by atoms with Crippen molar-refractivity contribution in [3.05, 3.63) is 95.3 Å². The van der Waals surface area contributed by atoms with Crippen LogP contribution in [0.25, 0.3) is 0 Å². The summed E-state index contributed by atoms with van der Waals surface area (Å²) in [5.74, 6) is 0. The number of aliphatic hydroxyl groups excluding tert-OH is 1. The smallest absolute Gasteiger partial charge is 0.185 e. The van der Waals surface area contributed by atoms with Gasteiger partial charge in [0.25, 0.3) is 0 Å². The molecule has 0 aliphatic carbocycles. The van der Waals surface area contributed by atoms with Crippen LogP contribution in [0, 0.1) is 0 Å². The number of hydrogen-bond acceptors (Lipinski definition) is 6. The zero-order valence-corrected chi connectivity index (χ0v) is 18.4. The molecule has 2 heterocycles. The molecule has 0 unspecified atom stereocenters. The molecule has 3 aromatic rings. The van der Waals surface area contributed by atoms with Crippen molar-refractivity contribution in [1.82, 2.24) is 9.88 Å². The van der Waals surface area contributed by atoms with Crippen molar-refractivity contribution in [3.63, 3.8) is 0 Å².